The van der Waals surface area contributed by atoms with Crippen molar-refractivity contribution in [1.82, 2.24) is 20.4 Å². The van der Waals surface area contributed by atoms with Crippen LogP contribution in [0.3, 0.4) is 0 Å². The number of piperidine rings is 2. The molecule has 4 aliphatic rings. The number of halogens is 1. The van der Waals surface area contributed by atoms with Crippen LogP contribution in [0.2, 0.25) is 25.7 Å². The molecule has 0 aromatic carbocycles. The van der Waals surface area contributed by atoms with E-state index in [9.17, 15) is 10.1 Å². The van der Waals surface area contributed by atoms with Crippen LogP contribution in [0.5, 0.6) is 0 Å². The first-order valence-corrected chi connectivity index (χ1v) is 15.9. The first kappa shape index (κ1) is 24.8. The zero-order chi connectivity index (χ0) is 23.8. The summed E-state index contributed by atoms with van der Waals surface area (Å²) in [5.41, 5.74) is 0. The van der Waals surface area contributed by atoms with Crippen molar-refractivity contribution in [3.63, 3.8) is 0 Å². The number of alkyl halides is 1. The van der Waals surface area contributed by atoms with Gasteiger partial charge >= 0.3 is 6.03 Å². The maximum atomic E-state index is 15.4. The monoisotopic (exact) mass is 483 g/mol. The second kappa shape index (κ2) is 10.1. The number of hydrogen-bond acceptors (Lipinski definition) is 7. The van der Waals surface area contributed by atoms with E-state index in [4.69, 9.17) is 14.2 Å². The third-order valence-electron chi connectivity index (χ3n) is 7.06. The molecule has 0 spiro atoms. The minimum absolute atomic E-state index is 0.0262. The van der Waals surface area contributed by atoms with Crippen LogP contribution in [0, 0.1) is 17.2 Å². The largest absolute Gasteiger partial charge is 0.376 e. The molecule has 8 atom stereocenters. The summed E-state index contributed by atoms with van der Waals surface area (Å²) in [4.78, 5) is 16.9. The van der Waals surface area contributed by atoms with Gasteiger partial charge in [0.15, 0.2) is 0 Å². The Morgan fingerprint density at radius 3 is 2.82 bits per heavy atom. The van der Waals surface area contributed by atoms with Crippen LogP contribution in [0.25, 0.3) is 0 Å². The van der Waals surface area contributed by atoms with Crippen molar-refractivity contribution < 1.29 is 23.4 Å². The van der Waals surface area contributed by atoms with E-state index >= 15 is 4.39 Å². The smallest absolute Gasteiger partial charge is 0.325 e. The van der Waals surface area contributed by atoms with Gasteiger partial charge in [0.25, 0.3) is 0 Å². The van der Waals surface area contributed by atoms with Gasteiger partial charge in [0.05, 0.1) is 30.2 Å². The minimum atomic E-state index is -1.38. The van der Waals surface area contributed by atoms with E-state index in [0.29, 0.717) is 26.2 Å². The van der Waals surface area contributed by atoms with E-state index in [1.165, 1.54) is 0 Å². The Morgan fingerprint density at radius 2 is 2.09 bits per heavy atom. The number of amides is 2. The molecule has 11 heteroatoms. The molecule has 4 heterocycles. The average molecular weight is 484 g/mol. The number of fused-ring (bicyclic) bond motifs is 3. The van der Waals surface area contributed by atoms with Gasteiger partial charge in [-0.05, 0) is 32.4 Å². The summed E-state index contributed by atoms with van der Waals surface area (Å²) >= 11 is 0. The standard InChI is InChI=1S/C22H38FN5O4Si/c1-14-6-8-31-17-5-7-25-20-18(17)28(19-16(23)11-15(12-24)21(26-19)32-14)22(29)27(20)13-30-9-10-33(2,3)4/h14-21,25-26H,5-11,13H2,1-4H3/t14-,15?,16?,17?,18?,19?,20?,21?/m1/s1. The molecule has 4 fully saturated rings. The Hall–Kier alpha value is -1.29. The van der Waals surface area contributed by atoms with E-state index in [1.54, 1.807) is 9.80 Å². The quantitative estimate of drug-likeness (QED) is 0.456. The lowest BCUT2D eigenvalue weighted by Crippen LogP contribution is -2.67. The molecule has 9 nitrogen and oxygen atoms in total. The SMILES string of the molecule is C[C@@H]1CCOC2CCNC3C2N(C(=O)N3COCC[Si](C)(C)C)C2NC(O1)C(C#N)CC2F. The number of nitrogens with zero attached hydrogens (tertiary/aromatic N) is 3. The lowest BCUT2D eigenvalue weighted by atomic mass is 9.93. The van der Waals surface area contributed by atoms with Crippen LogP contribution < -0.4 is 10.6 Å². The highest BCUT2D eigenvalue weighted by atomic mass is 28.3. The molecule has 0 aromatic heterocycles. The molecule has 0 aromatic rings. The second-order valence-electron chi connectivity index (χ2n) is 10.8. The third kappa shape index (κ3) is 5.36. The van der Waals surface area contributed by atoms with Gasteiger partial charge in [-0.3, -0.25) is 20.4 Å². The zero-order valence-electron chi connectivity index (χ0n) is 20.1. The van der Waals surface area contributed by atoms with Crippen molar-refractivity contribution in [2.45, 2.75) is 94.9 Å². The lowest BCUT2D eigenvalue weighted by Gasteiger charge is -2.45. The molecule has 33 heavy (non-hydrogen) atoms. The molecule has 0 radical (unpaired) electrons. The molecule has 2 N–H and O–H groups in total. The summed E-state index contributed by atoms with van der Waals surface area (Å²) in [5, 5.41) is 16.2. The Bertz CT molecular complexity index is 749. The van der Waals surface area contributed by atoms with Crippen molar-refractivity contribution in [3.8, 4) is 6.07 Å². The molecular formula is C22H38FN5O4Si. The fourth-order valence-electron chi connectivity index (χ4n) is 5.15. The van der Waals surface area contributed by atoms with Crippen molar-refractivity contribution in [2.24, 2.45) is 5.92 Å². The molecule has 2 amide bonds. The van der Waals surface area contributed by atoms with Gasteiger partial charge < -0.3 is 14.2 Å². The van der Waals surface area contributed by atoms with Gasteiger partial charge in [-0.2, -0.15) is 5.26 Å². The van der Waals surface area contributed by atoms with Gasteiger partial charge in [-0.25, -0.2) is 9.18 Å². The third-order valence-corrected chi connectivity index (χ3v) is 8.76. The first-order valence-electron chi connectivity index (χ1n) is 12.2. The van der Waals surface area contributed by atoms with Gasteiger partial charge in [-0.1, -0.05) is 19.6 Å². The van der Waals surface area contributed by atoms with Gasteiger partial charge in [0.2, 0.25) is 0 Å². The fraction of sp³-hybridized carbons (Fsp3) is 0.909. The predicted octanol–water partition coefficient (Wildman–Crippen LogP) is 2.04. The Morgan fingerprint density at radius 1 is 1.30 bits per heavy atom. The Kier molecular flexibility index (Phi) is 7.62. The number of hydrogen-bond donors (Lipinski definition) is 2. The summed E-state index contributed by atoms with van der Waals surface area (Å²) in [6, 6.07) is 2.56. The summed E-state index contributed by atoms with van der Waals surface area (Å²) in [5.74, 6) is -0.616. The number of carbonyl (C=O) groups excluding carboxylic acids is 1. The number of nitriles is 1. The molecule has 4 rings (SSSR count). The van der Waals surface area contributed by atoms with Gasteiger partial charge in [-0.15, -0.1) is 0 Å². The summed E-state index contributed by atoms with van der Waals surface area (Å²) in [6.07, 6.45) is -2.15. The summed E-state index contributed by atoms with van der Waals surface area (Å²) in [7, 11) is -1.25. The number of carbonyl (C=O) groups is 1. The molecule has 4 saturated heterocycles. The van der Waals surface area contributed by atoms with Gasteiger partial charge in [0.1, 0.15) is 31.5 Å². The van der Waals surface area contributed by atoms with Crippen LogP contribution in [0.15, 0.2) is 0 Å². The highest BCUT2D eigenvalue weighted by Gasteiger charge is 2.56. The van der Waals surface area contributed by atoms with Crippen molar-refractivity contribution in [2.75, 3.05) is 26.5 Å². The number of ether oxygens (including phenoxy) is 3. The van der Waals surface area contributed by atoms with Crippen LogP contribution in [-0.4, -0.2) is 93.4 Å². The topological polar surface area (TPSA) is 99.1 Å². The molecule has 186 valence electrons. The zero-order valence-corrected chi connectivity index (χ0v) is 21.1. The normalized spacial score (nSPS) is 39.6. The number of urea groups is 1. The Labute approximate surface area is 196 Å². The van der Waals surface area contributed by atoms with Crippen molar-refractivity contribution in [3.05, 3.63) is 0 Å². The summed E-state index contributed by atoms with van der Waals surface area (Å²) in [6.45, 7) is 10.7. The van der Waals surface area contributed by atoms with Crippen LogP contribution in [0.4, 0.5) is 9.18 Å². The minimum Gasteiger partial charge on any atom is -0.376 e. The van der Waals surface area contributed by atoms with E-state index in [-0.39, 0.29) is 43.6 Å². The fourth-order valence-corrected chi connectivity index (χ4v) is 5.91. The highest BCUT2D eigenvalue weighted by Crippen LogP contribution is 2.36. The maximum Gasteiger partial charge on any atom is 0.325 e. The molecule has 4 aliphatic heterocycles. The lowest BCUT2D eigenvalue weighted by molar-refractivity contribution is -0.0974. The molecule has 0 saturated carbocycles. The maximum absolute atomic E-state index is 15.4. The van der Waals surface area contributed by atoms with E-state index < -0.39 is 32.6 Å². The van der Waals surface area contributed by atoms with E-state index in [2.05, 4.69) is 36.3 Å². The molecule has 2 bridgehead atoms. The average Bonchev–Trinajstić information content (AvgIpc) is 3.02. The van der Waals surface area contributed by atoms with Gasteiger partial charge in [0, 0.05) is 27.7 Å². The van der Waals surface area contributed by atoms with Crippen LogP contribution in [0.1, 0.15) is 26.2 Å². The van der Waals surface area contributed by atoms with Crippen LogP contribution >= 0.6 is 0 Å². The number of nitrogens with one attached hydrogen (secondary N) is 2. The van der Waals surface area contributed by atoms with E-state index in [0.717, 1.165) is 12.5 Å². The molecule has 7 unspecified atom stereocenters. The Balaban J connectivity index is 1.58. The second-order valence-corrected chi connectivity index (χ2v) is 16.5. The highest BCUT2D eigenvalue weighted by molar-refractivity contribution is 6.76. The van der Waals surface area contributed by atoms with Crippen LogP contribution in [-0.2, 0) is 14.2 Å². The molecule has 0 aliphatic carbocycles. The van der Waals surface area contributed by atoms with Crippen molar-refractivity contribution >= 4 is 14.1 Å². The predicted molar refractivity (Wildman–Crippen MR) is 122 cm³/mol. The first-order chi connectivity index (χ1) is 15.7. The van der Waals surface area contributed by atoms with Crippen molar-refractivity contribution in [1.29, 1.82) is 5.26 Å². The van der Waals surface area contributed by atoms with E-state index in [1.807, 2.05) is 6.92 Å². The summed E-state index contributed by atoms with van der Waals surface area (Å²) < 4.78 is 33.7. The molecular weight excluding hydrogens is 445 g/mol. The number of rotatable bonds is 5.